The molecule has 4 saturated carbocycles. The van der Waals surface area contributed by atoms with Gasteiger partial charge in [0.1, 0.15) is 0 Å². The topological polar surface area (TPSA) is 20.2 Å². The highest BCUT2D eigenvalue weighted by atomic mass is 16.3. The first-order valence-electron chi connectivity index (χ1n) is 13.7. The van der Waals surface area contributed by atoms with Crippen LogP contribution in [0.1, 0.15) is 113 Å². The molecule has 1 N–H and O–H groups in total. The Kier molecular flexibility index (Phi) is 4.82. The van der Waals surface area contributed by atoms with Crippen molar-refractivity contribution in [2.75, 3.05) is 0 Å². The van der Waals surface area contributed by atoms with Crippen LogP contribution < -0.4 is 0 Å². The van der Waals surface area contributed by atoms with Crippen LogP contribution >= 0.6 is 0 Å². The Labute approximate surface area is 192 Å². The SMILES string of the molecule is CC(C)[C@H]1CC[C@@H]2[C@]1(C)CC[C@]1(C)[C@@H]3CC[C@@H]4C(C)(C)CCC[C@]4(C)C3=C[C@@H](O)[C@@]21C. The molecule has 31 heavy (non-hydrogen) atoms. The number of hydrogen-bond acceptors (Lipinski definition) is 1. The summed E-state index contributed by atoms with van der Waals surface area (Å²) in [6.45, 7) is 20.3. The summed E-state index contributed by atoms with van der Waals surface area (Å²) in [5.74, 6) is 3.70. The van der Waals surface area contributed by atoms with Gasteiger partial charge in [0, 0.05) is 5.41 Å². The monoisotopic (exact) mass is 426 g/mol. The minimum Gasteiger partial charge on any atom is -0.388 e. The fourth-order valence-corrected chi connectivity index (χ4v) is 11.4. The molecule has 0 heterocycles. The molecule has 0 spiro atoms. The first-order valence-corrected chi connectivity index (χ1v) is 13.7. The molecular formula is C30H50O. The van der Waals surface area contributed by atoms with E-state index in [1.54, 1.807) is 5.57 Å². The maximum atomic E-state index is 12.0. The Balaban J connectivity index is 1.60. The normalized spacial score (nSPS) is 55.7. The van der Waals surface area contributed by atoms with Crippen molar-refractivity contribution in [2.45, 2.75) is 119 Å². The van der Waals surface area contributed by atoms with Gasteiger partial charge in [0.2, 0.25) is 0 Å². The molecule has 0 aromatic carbocycles. The van der Waals surface area contributed by atoms with Gasteiger partial charge in [-0.05, 0) is 103 Å². The molecule has 1 nitrogen and oxygen atoms in total. The van der Waals surface area contributed by atoms with Crippen molar-refractivity contribution >= 4 is 0 Å². The number of rotatable bonds is 1. The summed E-state index contributed by atoms with van der Waals surface area (Å²) < 4.78 is 0. The average molecular weight is 427 g/mol. The highest BCUT2D eigenvalue weighted by molar-refractivity contribution is 5.35. The Bertz CT molecular complexity index is 777. The molecule has 0 aromatic heterocycles. The van der Waals surface area contributed by atoms with Gasteiger partial charge in [-0.3, -0.25) is 0 Å². The third kappa shape index (κ3) is 2.60. The second-order valence-electron chi connectivity index (χ2n) is 14.7. The third-order valence-corrected chi connectivity index (χ3v) is 13.1. The summed E-state index contributed by atoms with van der Waals surface area (Å²) in [6, 6.07) is 0. The molecule has 0 radical (unpaired) electrons. The summed E-state index contributed by atoms with van der Waals surface area (Å²) in [5, 5.41) is 12.0. The van der Waals surface area contributed by atoms with Crippen molar-refractivity contribution in [3.63, 3.8) is 0 Å². The van der Waals surface area contributed by atoms with E-state index in [1.807, 2.05) is 0 Å². The van der Waals surface area contributed by atoms with E-state index in [-0.39, 0.29) is 16.9 Å². The van der Waals surface area contributed by atoms with Crippen LogP contribution in [0.2, 0.25) is 0 Å². The van der Waals surface area contributed by atoms with Crippen molar-refractivity contribution in [3.05, 3.63) is 11.6 Å². The van der Waals surface area contributed by atoms with Gasteiger partial charge in [0.25, 0.3) is 0 Å². The lowest BCUT2D eigenvalue weighted by molar-refractivity contribution is -0.196. The van der Waals surface area contributed by atoms with Gasteiger partial charge < -0.3 is 5.11 Å². The predicted octanol–water partition coefficient (Wildman–Crippen LogP) is 8.02. The summed E-state index contributed by atoms with van der Waals surface area (Å²) in [5.41, 5.74) is 3.08. The zero-order valence-corrected chi connectivity index (χ0v) is 21.9. The van der Waals surface area contributed by atoms with Crippen molar-refractivity contribution < 1.29 is 5.11 Å². The smallest absolute Gasteiger partial charge is 0.0785 e. The van der Waals surface area contributed by atoms with Gasteiger partial charge in [-0.25, -0.2) is 0 Å². The average Bonchev–Trinajstić information content (AvgIpc) is 3.03. The van der Waals surface area contributed by atoms with Gasteiger partial charge in [-0.1, -0.05) is 73.5 Å². The van der Waals surface area contributed by atoms with Crippen molar-refractivity contribution in [1.29, 1.82) is 0 Å². The van der Waals surface area contributed by atoms with Crippen LogP contribution in [0.15, 0.2) is 11.6 Å². The van der Waals surface area contributed by atoms with Crippen LogP contribution in [0.5, 0.6) is 0 Å². The van der Waals surface area contributed by atoms with E-state index in [0.29, 0.717) is 28.1 Å². The van der Waals surface area contributed by atoms with E-state index < -0.39 is 0 Å². The number of aliphatic hydroxyl groups excluding tert-OH is 1. The lowest BCUT2D eigenvalue weighted by atomic mass is 9.35. The number of allylic oxidation sites excluding steroid dienone is 1. The molecule has 9 atom stereocenters. The summed E-state index contributed by atoms with van der Waals surface area (Å²) >= 11 is 0. The Morgan fingerprint density at radius 1 is 0.839 bits per heavy atom. The predicted molar refractivity (Wildman–Crippen MR) is 131 cm³/mol. The van der Waals surface area contributed by atoms with Crippen molar-refractivity contribution in [2.24, 2.45) is 56.7 Å². The fourth-order valence-electron chi connectivity index (χ4n) is 11.4. The quantitative estimate of drug-likeness (QED) is 0.421. The first-order chi connectivity index (χ1) is 14.3. The molecule has 0 amide bonds. The van der Waals surface area contributed by atoms with E-state index in [2.05, 4.69) is 61.5 Å². The zero-order valence-electron chi connectivity index (χ0n) is 21.9. The molecule has 0 unspecified atom stereocenters. The van der Waals surface area contributed by atoms with Crippen molar-refractivity contribution in [1.82, 2.24) is 0 Å². The summed E-state index contributed by atoms with van der Waals surface area (Å²) in [6.07, 6.45) is 14.4. The molecular weight excluding hydrogens is 376 g/mol. The molecule has 0 aromatic rings. The van der Waals surface area contributed by atoms with Crippen LogP contribution in [0.3, 0.4) is 0 Å². The highest BCUT2D eigenvalue weighted by Gasteiger charge is 2.70. The minimum absolute atomic E-state index is 0.0190. The molecule has 0 bridgehead atoms. The van der Waals surface area contributed by atoms with Crippen LogP contribution in [0.25, 0.3) is 0 Å². The second kappa shape index (κ2) is 6.64. The molecule has 176 valence electrons. The second-order valence-corrected chi connectivity index (χ2v) is 14.7. The molecule has 4 fully saturated rings. The van der Waals surface area contributed by atoms with E-state index in [1.165, 1.54) is 57.8 Å². The minimum atomic E-state index is -0.278. The van der Waals surface area contributed by atoms with E-state index in [9.17, 15) is 5.11 Å². The zero-order chi connectivity index (χ0) is 22.6. The molecule has 5 aliphatic carbocycles. The van der Waals surface area contributed by atoms with Gasteiger partial charge in [0.15, 0.2) is 0 Å². The lowest BCUT2D eigenvalue weighted by Gasteiger charge is -2.70. The third-order valence-electron chi connectivity index (χ3n) is 13.1. The maximum Gasteiger partial charge on any atom is 0.0785 e. The van der Waals surface area contributed by atoms with Gasteiger partial charge in [0.05, 0.1) is 6.10 Å². The number of aliphatic hydroxyl groups is 1. The van der Waals surface area contributed by atoms with E-state index >= 15 is 0 Å². The molecule has 1 heteroatoms. The van der Waals surface area contributed by atoms with Gasteiger partial charge in [-0.2, -0.15) is 0 Å². The van der Waals surface area contributed by atoms with Crippen LogP contribution in [0.4, 0.5) is 0 Å². The van der Waals surface area contributed by atoms with Gasteiger partial charge >= 0.3 is 0 Å². The van der Waals surface area contributed by atoms with Crippen LogP contribution in [-0.2, 0) is 0 Å². The van der Waals surface area contributed by atoms with Crippen molar-refractivity contribution in [3.8, 4) is 0 Å². The maximum absolute atomic E-state index is 12.0. The van der Waals surface area contributed by atoms with Gasteiger partial charge in [-0.15, -0.1) is 0 Å². The Hall–Kier alpha value is -0.300. The summed E-state index contributed by atoms with van der Waals surface area (Å²) in [7, 11) is 0. The number of fused-ring (bicyclic) bond motifs is 7. The molecule has 5 aliphatic rings. The van der Waals surface area contributed by atoms with E-state index in [0.717, 1.165) is 17.8 Å². The molecule has 0 saturated heterocycles. The summed E-state index contributed by atoms with van der Waals surface area (Å²) in [4.78, 5) is 0. The van der Waals surface area contributed by atoms with Crippen LogP contribution in [0, 0.1) is 56.7 Å². The largest absolute Gasteiger partial charge is 0.388 e. The Morgan fingerprint density at radius 2 is 1.52 bits per heavy atom. The number of hydrogen-bond donors (Lipinski definition) is 1. The highest BCUT2D eigenvalue weighted by Crippen LogP contribution is 2.76. The lowest BCUT2D eigenvalue weighted by Crippen LogP contribution is -2.65. The van der Waals surface area contributed by atoms with E-state index in [4.69, 9.17) is 0 Å². The van der Waals surface area contributed by atoms with Crippen LogP contribution in [-0.4, -0.2) is 11.2 Å². The Morgan fingerprint density at radius 3 is 2.19 bits per heavy atom. The standard InChI is InChI=1S/C30H50O/c1-19(2)20-10-13-24-28(20,6)16-17-29(7)21-11-12-23-26(3,4)14-9-15-27(23,5)22(21)18-25(31)30(24,29)8/h18-21,23-25,31H,9-17H2,1-8H3/t20-,21-,23-,24-,25-,27-,28-,29-,30-/m1/s1. The molecule has 5 rings (SSSR count). The fraction of sp³-hybridized carbons (Fsp3) is 0.933. The molecule has 0 aliphatic heterocycles. The first kappa shape index (κ1) is 22.5.